The van der Waals surface area contributed by atoms with Gasteiger partial charge in [0.25, 0.3) is 0 Å². The summed E-state index contributed by atoms with van der Waals surface area (Å²) in [5.74, 6) is 1.43. The van der Waals surface area contributed by atoms with Crippen molar-refractivity contribution >= 4 is 22.0 Å². The Morgan fingerprint density at radius 2 is 2.22 bits per heavy atom. The molecular weight excluding hydrogens is 290 g/mol. The number of nitrogens with zero attached hydrogens (tertiary/aromatic N) is 1. The van der Waals surface area contributed by atoms with E-state index in [9.17, 15) is 0 Å². The van der Waals surface area contributed by atoms with Gasteiger partial charge < -0.3 is 9.64 Å². The van der Waals surface area contributed by atoms with Crippen LogP contribution in [0.4, 0.5) is 0 Å². The van der Waals surface area contributed by atoms with Crippen molar-refractivity contribution in [3.05, 3.63) is 33.9 Å². The summed E-state index contributed by atoms with van der Waals surface area (Å²) in [7, 11) is 1.71. The van der Waals surface area contributed by atoms with E-state index >= 15 is 0 Å². The molecule has 1 aromatic rings. The third-order valence-electron chi connectivity index (χ3n) is 3.37. The van der Waals surface area contributed by atoms with Gasteiger partial charge in [-0.1, -0.05) is 13.8 Å². The minimum absolute atomic E-state index is 0.531. The summed E-state index contributed by atoms with van der Waals surface area (Å²) in [6.07, 6.45) is 5.59. The van der Waals surface area contributed by atoms with Gasteiger partial charge in [-0.2, -0.15) is 0 Å². The molecule has 2 nitrogen and oxygen atoms in total. The Morgan fingerprint density at radius 3 is 2.89 bits per heavy atom. The van der Waals surface area contributed by atoms with Crippen molar-refractivity contribution in [1.82, 2.24) is 4.90 Å². The van der Waals surface area contributed by atoms with Gasteiger partial charge in [0.1, 0.15) is 5.75 Å². The highest BCUT2D eigenvalue weighted by atomic mass is 79.9. The SMILES string of the molecule is CCCN1C=Cc2cc(OC)c(Br)cc2C(C)C1. The summed E-state index contributed by atoms with van der Waals surface area (Å²) in [6, 6.07) is 4.31. The van der Waals surface area contributed by atoms with Gasteiger partial charge in [0.15, 0.2) is 0 Å². The van der Waals surface area contributed by atoms with Gasteiger partial charge in [0.05, 0.1) is 11.6 Å². The molecule has 0 fully saturated rings. The van der Waals surface area contributed by atoms with E-state index in [2.05, 4.69) is 59.1 Å². The Morgan fingerprint density at radius 1 is 1.44 bits per heavy atom. The zero-order valence-electron chi connectivity index (χ0n) is 11.2. The van der Waals surface area contributed by atoms with E-state index in [1.165, 1.54) is 17.5 Å². The molecule has 1 aromatic carbocycles. The lowest BCUT2D eigenvalue weighted by Crippen LogP contribution is -2.22. The van der Waals surface area contributed by atoms with E-state index in [-0.39, 0.29) is 0 Å². The summed E-state index contributed by atoms with van der Waals surface area (Å²) >= 11 is 3.57. The molecule has 0 aliphatic carbocycles. The zero-order valence-corrected chi connectivity index (χ0v) is 12.8. The fraction of sp³-hybridized carbons (Fsp3) is 0.467. The first-order chi connectivity index (χ1) is 8.65. The van der Waals surface area contributed by atoms with Crippen molar-refractivity contribution in [2.45, 2.75) is 26.2 Å². The van der Waals surface area contributed by atoms with Crippen molar-refractivity contribution in [1.29, 1.82) is 0 Å². The number of hydrogen-bond donors (Lipinski definition) is 0. The summed E-state index contributed by atoms with van der Waals surface area (Å²) < 4.78 is 6.40. The van der Waals surface area contributed by atoms with E-state index in [0.29, 0.717) is 5.92 Å². The maximum absolute atomic E-state index is 5.37. The molecule has 0 N–H and O–H groups in total. The minimum Gasteiger partial charge on any atom is -0.496 e. The lowest BCUT2D eigenvalue weighted by Gasteiger charge is -2.22. The van der Waals surface area contributed by atoms with Crippen LogP contribution in [-0.2, 0) is 0 Å². The fourth-order valence-electron chi connectivity index (χ4n) is 2.46. The van der Waals surface area contributed by atoms with Gasteiger partial charge in [0, 0.05) is 13.1 Å². The summed E-state index contributed by atoms with van der Waals surface area (Å²) in [4.78, 5) is 2.39. The maximum Gasteiger partial charge on any atom is 0.133 e. The highest BCUT2D eigenvalue weighted by molar-refractivity contribution is 9.10. The minimum atomic E-state index is 0.531. The second-order valence-electron chi connectivity index (χ2n) is 4.83. The molecule has 0 saturated carbocycles. The second kappa shape index (κ2) is 5.79. The van der Waals surface area contributed by atoms with Crippen LogP contribution in [-0.4, -0.2) is 25.1 Å². The molecule has 0 bridgehead atoms. The van der Waals surface area contributed by atoms with Crippen LogP contribution in [0.3, 0.4) is 0 Å². The Balaban J connectivity index is 2.37. The second-order valence-corrected chi connectivity index (χ2v) is 5.68. The van der Waals surface area contributed by atoms with Gasteiger partial charge in [-0.05, 0) is 63.8 Å². The van der Waals surface area contributed by atoms with Crippen LogP contribution >= 0.6 is 15.9 Å². The Hall–Kier alpha value is -0.960. The molecule has 0 radical (unpaired) electrons. The quantitative estimate of drug-likeness (QED) is 0.827. The lowest BCUT2D eigenvalue weighted by molar-refractivity contribution is 0.359. The molecule has 98 valence electrons. The summed E-state index contributed by atoms with van der Waals surface area (Å²) in [5, 5.41) is 0. The molecule has 0 saturated heterocycles. The largest absolute Gasteiger partial charge is 0.496 e. The van der Waals surface area contributed by atoms with Crippen molar-refractivity contribution in [2.24, 2.45) is 0 Å². The molecular formula is C15H20BrNO. The molecule has 0 amide bonds. The Labute approximate surface area is 118 Å². The number of hydrogen-bond acceptors (Lipinski definition) is 2. The standard InChI is InChI=1S/C15H20BrNO/c1-4-6-17-7-5-12-8-15(18-3)14(16)9-13(12)11(2)10-17/h5,7-9,11H,4,6,10H2,1-3H3. The number of rotatable bonds is 3. The number of methoxy groups -OCH3 is 1. The van der Waals surface area contributed by atoms with E-state index in [1.807, 2.05) is 0 Å². The smallest absolute Gasteiger partial charge is 0.133 e. The number of halogens is 1. The molecule has 0 aromatic heterocycles. The first-order valence-electron chi connectivity index (χ1n) is 6.45. The lowest BCUT2D eigenvalue weighted by atomic mass is 9.96. The van der Waals surface area contributed by atoms with E-state index in [0.717, 1.165) is 23.3 Å². The van der Waals surface area contributed by atoms with Gasteiger partial charge >= 0.3 is 0 Å². The maximum atomic E-state index is 5.37. The van der Waals surface area contributed by atoms with Crippen molar-refractivity contribution in [3.63, 3.8) is 0 Å². The molecule has 1 heterocycles. The summed E-state index contributed by atoms with van der Waals surface area (Å²) in [5.41, 5.74) is 2.65. The normalized spacial score (nSPS) is 18.4. The number of benzene rings is 1. The van der Waals surface area contributed by atoms with Crippen molar-refractivity contribution in [2.75, 3.05) is 20.2 Å². The predicted molar refractivity (Wildman–Crippen MR) is 80.0 cm³/mol. The third kappa shape index (κ3) is 2.72. The van der Waals surface area contributed by atoms with Gasteiger partial charge in [-0.15, -0.1) is 0 Å². The molecule has 18 heavy (non-hydrogen) atoms. The molecule has 1 aliphatic rings. The van der Waals surface area contributed by atoms with Gasteiger partial charge in [-0.3, -0.25) is 0 Å². The Bertz CT molecular complexity index is 456. The summed E-state index contributed by atoms with van der Waals surface area (Å²) in [6.45, 7) is 6.70. The van der Waals surface area contributed by atoms with Crippen LogP contribution in [0.5, 0.6) is 5.75 Å². The zero-order chi connectivity index (χ0) is 13.1. The van der Waals surface area contributed by atoms with Crippen molar-refractivity contribution < 1.29 is 4.74 Å². The number of fused-ring (bicyclic) bond motifs is 1. The van der Waals surface area contributed by atoms with Crippen molar-refractivity contribution in [3.8, 4) is 5.75 Å². The fourth-order valence-corrected chi connectivity index (χ4v) is 2.98. The van der Waals surface area contributed by atoms with Gasteiger partial charge in [-0.25, -0.2) is 0 Å². The highest BCUT2D eigenvalue weighted by Crippen LogP contribution is 2.34. The van der Waals surface area contributed by atoms with E-state index < -0.39 is 0 Å². The van der Waals surface area contributed by atoms with Crippen LogP contribution in [0.2, 0.25) is 0 Å². The first kappa shape index (κ1) is 13.5. The van der Waals surface area contributed by atoms with Gasteiger partial charge in [0.2, 0.25) is 0 Å². The first-order valence-corrected chi connectivity index (χ1v) is 7.24. The molecule has 1 aliphatic heterocycles. The van der Waals surface area contributed by atoms with Crippen LogP contribution in [0.1, 0.15) is 37.3 Å². The van der Waals surface area contributed by atoms with Crippen LogP contribution < -0.4 is 4.74 Å². The monoisotopic (exact) mass is 309 g/mol. The topological polar surface area (TPSA) is 12.5 Å². The molecule has 1 unspecified atom stereocenters. The average Bonchev–Trinajstić information content (AvgIpc) is 2.49. The van der Waals surface area contributed by atoms with Crippen LogP contribution in [0.15, 0.2) is 22.8 Å². The molecule has 0 spiro atoms. The molecule has 2 rings (SSSR count). The molecule has 3 heteroatoms. The Kier molecular flexibility index (Phi) is 4.33. The van der Waals surface area contributed by atoms with Crippen LogP contribution in [0.25, 0.3) is 6.08 Å². The van der Waals surface area contributed by atoms with E-state index in [1.54, 1.807) is 7.11 Å². The average molecular weight is 310 g/mol. The third-order valence-corrected chi connectivity index (χ3v) is 3.99. The van der Waals surface area contributed by atoms with E-state index in [4.69, 9.17) is 4.74 Å². The molecule has 1 atom stereocenters. The highest BCUT2D eigenvalue weighted by Gasteiger charge is 2.17. The van der Waals surface area contributed by atoms with Crippen LogP contribution in [0, 0.1) is 0 Å². The number of ether oxygens (including phenoxy) is 1. The predicted octanol–water partition coefficient (Wildman–Crippen LogP) is 4.26.